The van der Waals surface area contributed by atoms with Gasteiger partial charge >= 0.3 is 0 Å². The first-order chi connectivity index (χ1) is 5.65. The highest BCUT2D eigenvalue weighted by molar-refractivity contribution is 9.11. The van der Waals surface area contributed by atoms with Crippen molar-refractivity contribution in [2.45, 2.75) is 6.42 Å². The lowest BCUT2D eigenvalue weighted by Gasteiger charge is -2.03. The molecule has 0 bridgehead atoms. The number of nitriles is 1. The molecule has 0 aliphatic carbocycles. The second-order valence-electron chi connectivity index (χ2n) is 2.30. The first kappa shape index (κ1) is 9.56. The van der Waals surface area contributed by atoms with E-state index in [-0.39, 0.29) is 0 Å². The average Bonchev–Trinajstić information content (AvgIpc) is 2.01. The van der Waals surface area contributed by atoms with Gasteiger partial charge in [0.25, 0.3) is 0 Å². The van der Waals surface area contributed by atoms with Gasteiger partial charge in [-0.3, -0.25) is 0 Å². The van der Waals surface area contributed by atoms with Gasteiger partial charge in [-0.25, -0.2) is 0 Å². The minimum Gasteiger partial charge on any atom is -0.398 e. The summed E-state index contributed by atoms with van der Waals surface area (Å²) >= 11 is 6.64. The van der Waals surface area contributed by atoms with Gasteiger partial charge in [-0.05, 0) is 33.6 Å². The van der Waals surface area contributed by atoms with E-state index in [1.165, 1.54) is 0 Å². The molecule has 1 aromatic carbocycles. The van der Waals surface area contributed by atoms with Crippen molar-refractivity contribution in [3.05, 3.63) is 26.6 Å². The van der Waals surface area contributed by atoms with E-state index in [9.17, 15) is 0 Å². The van der Waals surface area contributed by atoms with Gasteiger partial charge in [0.15, 0.2) is 0 Å². The van der Waals surface area contributed by atoms with Crippen molar-refractivity contribution < 1.29 is 0 Å². The number of hydrogen-bond donors (Lipinski definition) is 1. The number of halogens is 2. The highest BCUT2D eigenvalue weighted by Gasteiger charge is 2.03. The molecule has 2 nitrogen and oxygen atoms in total. The Balaban J connectivity index is 3.16. The maximum atomic E-state index is 8.48. The van der Waals surface area contributed by atoms with E-state index >= 15 is 0 Å². The molecule has 1 rings (SSSR count). The molecule has 0 unspecified atom stereocenters. The maximum absolute atomic E-state index is 8.48. The molecule has 0 atom stereocenters. The standard InChI is InChI=1S/C8H6Br2N2/c9-6-4-7(10)8(12)3-5(6)1-2-11/h3-4H,1,12H2. The third-order valence-corrected chi connectivity index (χ3v) is 2.86. The Kier molecular flexibility index (Phi) is 3.12. The summed E-state index contributed by atoms with van der Waals surface area (Å²) in [5.74, 6) is 0. The van der Waals surface area contributed by atoms with Gasteiger partial charge in [0.2, 0.25) is 0 Å². The molecule has 4 heteroatoms. The second-order valence-corrected chi connectivity index (χ2v) is 4.01. The number of nitrogens with zero attached hydrogens (tertiary/aromatic N) is 1. The third-order valence-electron chi connectivity index (χ3n) is 1.44. The molecule has 0 spiro atoms. The molecule has 62 valence electrons. The molecule has 0 fully saturated rings. The Morgan fingerprint density at radius 2 is 2.00 bits per heavy atom. The molecule has 0 aliphatic rings. The van der Waals surface area contributed by atoms with E-state index in [1.54, 1.807) is 6.07 Å². The Labute approximate surface area is 87.6 Å². The molecule has 0 radical (unpaired) electrons. The maximum Gasteiger partial charge on any atom is 0.0670 e. The minimum atomic E-state index is 0.373. The number of hydrogen-bond acceptors (Lipinski definition) is 2. The first-order valence-corrected chi connectivity index (χ1v) is 4.84. The Morgan fingerprint density at radius 3 is 2.58 bits per heavy atom. The van der Waals surface area contributed by atoms with Gasteiger partial charge in [-0.15, -0.1) is 0 Å². The quantitative estimate of drug-likeness (QED) is 0.808. The highest BCUT2D eigenvalue weighted by atomic mass is 79.9. The van der Waals surface area contributed by atoms with Crippen molar-refractivity contribution in [3.8, 4) is 6.07 Å². The summed E-state index contributed by atoms with van der Waals surface area (Å²) in [7, 11) is 0. The first-order valence-electron chi connectivity index (χ1n) is 3.25. The lowest BCUT2D eigenvalue weighted by Crippen LogP contribution is -1.91. The van der Waals surface area contributed by atoms with Crippen LogP contribution in [0.4, 0.5) is 5.69 Å². The van der Waals surface area contributed by atoms with Crippen molar-refractivity contribution in [1.29, 1.82) is 5.26 Å². The van der Waals surface area contributed by atoms with Gasteiger partial charge in [0.05, 0.1) is 12.5 Å². The van der Waals surface area contributed by atoms with Crippen molar-refractivity contribution in [2.24, 2.45) is 0 Å². The van der Waals surface area contributed by atoms with Crippen molar-refractivity contribution in [3.63, 3.8) is 0 Å². The fourth-order valence-corrected chi connectivity index (χ4v) is 1.97. The molecular formula is C8H6Br2N2. The average molecular weight is 290 g/mol. The van der Waals surface area contributed by atoms with Crippen LogP contribution in [0.5, 0.6) is 0 Å². The summed E-state index contributed by atoms with van der Waals surface area (Å²) in [5, 5.41) is 8.48. The summed E-state index contributed by atoms with van der Waals surface area (Å²) in [4.78, 5) is 0. The Hall–Kier alpha value is -0.530. The van der Waals surface area contributed by atoms with Crippen LogP contribution in [0.1, 0.15) is 5.56 Å². The topological polar surface area (TPSA) is 49.8 Å². The number of nitrogen functional groups attached to an aromatic ring is 1. The summed E-state index contributed by atoms with van der Waals surface area (Å²) in [6, 6.07) is 5.71. The summed E-state index contributed by atoms with van der Waals surface area (Å²) in [6.45, 7) is 0. The lowest BCUT2D eigenvalue weighted by molar-refractivity contribution is 1.24. The normalized spacial score (nSPS) is 9.42. The van der Waals surface area contributed by atoms with Gasteiger partial charge < -0.3 is 5.73 Å². The molecular weight excluding hydrogens is 284 g/mol. The highest BCUT2D eigenvalue weighted by Crippen LogP contribution is 2.27. The molecule has 2 N–H and O–H groups in total. The van der Waals surface area contributed by atoms with E-state index in [0.717, 1.165) is 14.5 Å². The monoisotopic (exact) mass is 288 g/mol. The zero-order valence-electron chi connectivity index (χ0n) is 6.14. The van der Waals surface area contributed by atoms with E-state index in [4.69, 9.17) is 11.0 Å². The minimum absolute atomic E-state index is 0.373. The zero-order valence-corrected chi connectivity index (χ0v) is 9.31. The van der Waals surface area contributed by atoms with Crippen LogP contribution in [0.15, 0.2) is 21.1 Å². The molecule has 1 aromatic rings. The number of anilines is 1. The second kappa shape index (κ2) is 3.92. The van der Waals surface area contributed by atoms with Crippen LogP contribution in [0.2, 0.25) is 0 Å². The van der Waals surface area contributed by atoms with Crippen molar-refractivity contribution in [2.75, 3.05) is 5.73 Å². The van der Waals surface area contributed by atoms with Gasteiger partial charge in [0.1, 0.15) is 0 Å². The van der Waals surface area contributed by atoms with Gasteiger partial charge in [0, 0.05) is 14.6 Å². The molecule has 0 saturated heterocycles. The summed E-state index contributed by atoms with van der Waals surface area (Å²) < 4.78 is 1.75. The van der Waals surface area contributed by atoms with Crippen LogP contribution in [-0.4, -0.2) is 0 Å². The van der Waals surface area contributed by atoms with E-state index in [0.29, 0.717) is 12.1 Å². The van der Waals surface area contributed by atoms with E-state index < -0.39 is 0 Å². The van der Waals surface area contributed by atoms with Crippen molar-refractivity contribution >= 4 is 37.5 Å². The predicted octanol–water partition coefficient (Wildman–Crippen LogP) is 2.86. The van der Waals surface area contributed by atoms with Crippen LogP contribution >= 0.6 is 31.9 Å². The Morgan fingerprint density at radius 1 is 1.33 bits per heavy atom. The lowest BCUT2D eigenvalue weighted by atomic mass is 10.1. The molecule has 0 saturated carbocycles. The largest absolute Gasteiger partial charge is 0.398 e. The van der Waals surface area contributed by atoms with E-state index in [1.807, 2.05) is 6.07 Å². The van der Waals surface area contributed by atoms with Gasteiger partial charge in [-0.1, -0.05) is 15.9 Å². The van der Waals surface area contributed by atoms with Crippen LogP contribution in [0.3, 0.4) is 0 Å². The SMILES string of the molecule is N#CCc1cc(N)c(Br)cc1Br. The molecule has 12 heavy (non-hydrogen) atoms. The molecule has 0 heterocycles. The molecule has 0 amide bonds. The smallest absolute Gasteiger partial charge is 0.0670 e. The summed E-state index contributed by atoms with van der Waals surface area (Å²) in [6.07, 6.45) is 0.373. The van der Waals surface area contributed by atoms with Crippen LogP contribution in [0, 0.1) is 11.3 Å². The van der Waals surface area contributed by atoms with Gasteiger partial charge in [-0.2, -0.15) is 5.26 Å². The van der Waals surface area contributed by atoms with Crippen LogP contribution in [0.25, 0.3) is 0 Å². The molecule has 0 aliphatic heterocycles. The number of benzene rings is 1. The predicted molar refractivity (Wildman–Crippen MR) is 55.6 cm³/mol. The third kappa shape index (κ3) is 1.99. The van der Waals surface area contributed by atoms with Crippen molar-refractivity contribution in [1.82, 2.24) is 0 Å². The van der Waals surface area contributed by atoms with E-state index in [2.05, 4.69) is 37.9 Å². The number of rotatable bonds is 1. The summed E-state index contributed by atoms with van der Waals surface area (Å²) in [5.41, 5.74) is 7.21. The van der Waals surface area contributed by atoms with Crippen LogP contribution in [-0.2, 0) is 6.42 Å². The fourth-order valence-electron chi connectivity index (χ4n) is 0.834. The van der Waals surface area contributed by atoms with Crippen LogP contribution < -0.4 is 5.73 Å². The Bertz CT molecular complexity index is 342. The molecule has 0 aromatic heterocycles. The zero-order chi connectivity index (χ0) is 9.14. The fraction of sp³-hybridized carbons (Fsp3) is 0.125. The number of nitrogens with two attached hydrogens (primary N) is 1.